The third kappa shape index (κ3) is 10.2. The van der Waals surface area contributed by atoms with Crippen LogP contribution in [0.25, 0.3) is 0 Å². The van der Waals surface area contributed by atoms with Crippen molar-refractivity contribution in [3.63, 3.8) is 0 Å². The van der Waals surface area contributed by atoms with Gasteiger partial charge in [0.25, 0.3) is 0 Å². The maximum Gasteiger partial charge on any atom is 0.315 e. The van der Waals surface area contributed by atoms with Crippen LogP contribution in [-0.4, -0.2) is 104 Å². The van der Waals surface area contributed by atoms with Crippen LogP contribution in [0.3, 0.4) is 0 Å². The Labute approximate surface area is 488 Å². The lowest BCUT2D eigenvalue weighted by atomic mass is 9.32. The van der Waals surface area contributed by atoms with Gasteiger partial charge in [-0.2, -0.15) is 0 Å². The molecule has 0 amide bonds. The maximum absolute atomic E-state index is 16.2. The van der Waals surface area contributed by atoms with Crippen molar-refractivity contribution in [2.24, 2.45) is 104 Å². The van der Waals surface area contributed by atoms with Crippen LogP contribution in [0.15, 0.2) is 11.6 Å². The summed E-state index contributed by atoms with van der Waals surface area (Å²) in [5.41, 5.74) is 0.590. The van der Waals surface area contributed by atoms with Crippen molar-refractivity contribution in [3.05, 3.63) is 11.6 Å². The van der Waals surface area contributed by atoms with Crippen molar-refractivity contribution in [3.8, 4) is 0 Å². The Morgan fingerprint density at radius 2 is 1.31 bits per heavy atom. The van der Waals surface area contributed by atoms with E-state index in [1.54, 1.807) is 6.92 Å². The van der Waals surface area contributed by atoms with Crippen LogP contribution < -0.4 is 0 Å². The fourth-order valence-electron chi connectivity index (χ4n) is 20.3. The molecule has 5 saturated heterocycles. The van der Waals surface area contributed by atoms with Gasteiger partial charge in [-0.25, -0.2) is 0 Å². The summed E-state index contributed by atoms with van der Waals surface area (Å²) in [7, 11) is 0. The van der Waals surface area contributed by atoms with Gasteiger partial charge in [-0.05, 0) is 173 Å². The number of allylic oxidation sites excluding steroid dienone is 2. The lowest BCUT2D eigenvalue weighted by Gasteiger charge is -2.72. The zero-order valence-electron chi connectivity index (χ0n) is 54.0. The highest BCUT2D eigenvalue weighted by Crippen LogP contribution is 2.77. The highest BCUT2D eigenvalue weighted by Gasteiger charge is 2.72. The summed E-state index contributed by atoms with van der Waals surface area (Å²) in [5, 5.41) is 0. The molecule has 0 aromatic heterocycles. The van der Waals surface area contributed by atoms with E-state index in [2.05, 4.69) is 110 Å². The topological polar surface area (TPSA) is 144 Å². The molecule has 0 aromatic rings. The molecule has 460 valence electrons. The van der Waals surface area contributed by atoms with E-state index in [9.17, 15) is 9.59 Å². The van der Waals surface area contributed by atoms with Crippen LogP contribution in [0.2, 0.25) is 0 Å². The van der Waals surface area contributed by atoms with E-state index in [1.165, 1.54) is 12.5 Å². The number of hydrogen-bond acceptors (Lipinski definition) is 13. The quantitative estimate of drug-likeness (QED) is 0.116. The predicted octanol–water partition coefficient (Wildman–Crippen LogP) is 13.5. The number of ether oxygens (including phenoxy) is 10. The number of carbonyl (C=O) groups excluding carboxylic acids is 3. The first-order valence-electron chi connectivity index (χ1n) is 32.5. The Morgan fingerprint density at radius 3 is 1.99 bits per heavy atom. The molecule has 81 heavy (non-hydrogen) atoms. The molecule has 10 aliphatic rings. The first-order chi connectivity index (χ1) is 37.6. The van der Waals surface area contributed by atoms with E-state index in [4.69, 9.17) is 47.4 Å². The minimum absolute atomic E-state index is 0.000678. The second-order valence-corrected chi connectivity index (χ2v) is 31.8. The molecule has 4 saturated carbocycles. The van der Waals surface area contributed by atoms with Gasteiger partial charge in [-0.15, -0.1) is 0 Å². The molecule has 0 N–H and O–H groups in total. The summed E-state index contributed by atoms with van der Waals surface area (Å²) in [5.74, 6) is 0.480. The molecule has 28 atom stereocenters. The van der Waals surface area contributed by atoms with Crippen molar-refractivity contribution in [1.29, 1.82) is 0 Å². The van der Waals surface area contributed by atoms with E-state index in [-0.39, 0.29) is 86.5 Å². The summed E-state index contributed by atoms with van der Waals surface area (Å²) < 4.78 is 67.6. The van der Waals surface area contributed by atoms with Gasteiger partial charge in [0.2, 0.25) is 6.29 Å². The van der Waals surface area contributed by atoms with Crippen LogP contribution in [0, 0.1) is 104 Å². The van der Waals surface area contributed by atoms with Crippen molar-refractivity contribution >= 4 is 17.7 Å². The fraction of sp³-hybridized carbons (Fsp3) is 0.926. The van der Waals surface area contributed by atoms with Crippen molar-refractivity contribution < 1.29 is 61.8 Å². The second kappa shape index (κ2) is 21.7. The van der Waals surface area contributed by atoms with E-state index in [1.807, 2.05) is 27.7 Å². The van der Waals surface area contributed by atoms with Crippen LogP contribution in [0.4, 0.5) is 0 Å². The predicted molar refractivity (Wildman–Crippen MR) is 309 cm³/mol. The van der Waals surface area contributed by atoms with E-state index in [0.717, 1.165) is 57.8 Å². The fourth-order valence-corrected chi connectivity index (χ4v) is 20.3. The lowest BCUT2D eigenvalue weighted by molar-refractivity contribution is -0.297. The van der Waals surface area contributed by atoms with Gasteiger partial charge in [0.15, 0.2) is 24.2 Å². The molecule has 5 heterocycles. The van der Waals surface area contributed by atoms with Crippen LogP contribution in [-0.2, 0) is 61.8 Å². The molecule has 5 aliphatic heterocycles. The first-order valence-corrected chi connectivity index (χ1v) is 32.5. The van der Waals surface area contributed by atoms with Gasteiger partial charge < -0.3 is 47.4 Å². The largest absolute Gasteiger partial charge is 0.459 e. The molecular formula is C68H110O13. The number of ketones is 1. The van der Waals surface area contributed by atoms with Gasteiger partial charge >= 0.3 is 11.9 Å². The van der Waals surface area contributed by atoms with Crippen LogP contribution in [0.5, 0.6) is 0 Å². The Morgan fingerprint density at radius 1 is 0.630 bits per heavy atom. The summed E-state index contributed by atoms with van der Waals surface area (Å²) in [4.78, 5) is 42.1. The average molecular weight is 1140 g/mol. The summed E-state index contributed by atoms with van der Waals surface area (Å²) in [6.45, 7) is 46.9. The van der Waals surface area contributed by atoms with Crippen molar-refractivity contribution in [2.75, 3.05) is 6.61 Å². The molecule has 13 nitrogen and oxygen atoms in total. The van der Waals surface area contributed by atoms with Crippen LogP contribution in [0.1, 0.15) is 210 Å². The summed E-state index contributed by atoms with van der Waals surface area (Å²) in [6, 6.07) is 0. The number of rotatable bonds is 10. The summed E-state index contributed by atoms with van der Waals surface area (Å²) >= 11 is 0. The Bertz CT molecular complexity index is 2380. The highest BCUT2D eigenvalue weighted by molar-refractivity contribution is 5.81. The standard InChI is InChI=1S/C68H110O13/c1-34-33-72-58(39(6)36(34)3)78-54-41(8)55(75-45(12)70)49(73-43(54)10)30-46-57-56(80-64(17,18)81-57)44(11)74-60(46)79-61(71)68-29-28-62(13,14)32-48(68)47-22-23-51-65(19)26-25-52(76-59-40(7)37(4)38(5)53(77-59)42(9)69)63(15,16)50(65)24-27-66(51,20)67(47,21)31-35(68)2/h22,34-41,43-44,46,48-60H,23-33H2,1-21H3/t34-,35?,36+,37-,38+,39?,40?,41+,43?,44?,46?,48?,49+,50+,51?,52+,53?,54-,55?,56+,57-,58+,59-,60+,65?,66+,67-,68+/m1/s1. The number of carbonyl (C=O) groups is 3. The summed E-state index contributed by atoms with van der Waals surface area (Å²) in [6.07, 6.45) is 6.23. The molecule has 0 bridgehead atoms. The molecular weight excluding hydrogens is 1020 g/mol. The molecule has 0 aromatic carbocycles. The highest BCUT2D eigenvalue weighted by atomic mass is 16.8. The van der Waals surface area contributed by atoms with E-state index in [0.29, 0.717) is 42.6 Å². The van der Waals surface area contributed by atoms with Gasteiger partial charge in [0.05, 0.1) is 54.6 Å². The third-order valence-electron chi connectivity index (χ3n) is 25.9. The van der Waals surface area contributed by atoms with Gasteiger partial charge in [0, 0.05) is 24.7 Å². The molecule has 9 fully saturated rings. The van der Waals surface area contributed by atoms with Crippen molar-refractivity contribution in [1.82, 2.24) is 0 Å². The molecule has 11 unspecified atom stereocenters. The average Bonchev–Trinajstić information content (AvgIpc) is 3.89. The second-order valence-electron chi connectivity index (χ2n) is 31.8. The Kier molecular flexibility index (Phi) is 16.6. The minimum Gasteiger partial charge on any atom is -0.459 e. The molecule has 10 rings (SSSR count). The molecule has 5 aliphatic carbocycles. The van der Waals surface area contributed by atoms with Gasteiger partial charge in [-0.3, -0.25) is 14.4 Å². The van der Waals surface area contributed by atoms with Gasteiger partial charge in [-0.1, -0.05) is 116 Å². The molecule has 0 radical (unpaired) electrons. The molecule has 0 spiro atoms. The first kappa shape index (κ1) is 62.1. The third-order valence-corrected chi connectivity index (χ3v) is 25.9. The van der Waals surface area contributed by atoms with Gasteiger partial charge in [0.1, 0.15) is 18.3 Å². The maximum atomic E-state index is 16.2. The smallest absolute Gasteiger partial charge is 0.315 e. The zero-order chi connectivity index (χ0) is 59.2. The Hall–Kier alpha value is -1.97. The minimum atomic E-state index is -0.965. The number of hydrogen-bond donors (Lipinski definition) is 0. The van der Waals surface area contributed by atoms with E-state index < -0.39 is 84.7 Å². The zero-order valence-corrected chi connectivity index (χ0v) is 54.0. The van der Waals surface area contributed by atoms with E-state index >= 15 is 4.79 Å². The van der Waals surface area contributed by atoms with Crippen LogP contribution >= 0.6 is 0 Å². The lowest BCUT2D eigenvalue weighted by Crippen LogP contribution is -2.67. The Balaban J connectivity index is 0.926. The number of Topliss-reactive ketones (excluding diaryl/α,β-unsaturated/α-hetero) is 1. The normalized spacial score (nSPS) is 52.6. The number of fused-ring (bicyclic) bond motifs is 8. The number of esters is 2. The monoisotopic (exact) mass is 1130 g/mol. The van der Waals surface area contributed by atoms with Crippen molar-refractivity contribution in [2.45, 2.75) is 289 Å². The molecule has 13 heteroatoms. The SMILES string of the molecule is CC(=O)OC1[C@H](CC2[C@H](OC(=O)[C@]34CCC(C)(C)CC3C3=CCC5C6(C)CC[C@H](O[C@@H]7OC(C(C)=O)[C@@H](C)[C@@H](C)C7C)C(C)(C)[C@@H]6CC[C@]5(C)[C@]3(C)CC4C)OC(C)[C@@H]3OC(C)(C)O[C@H]23)OC(C)[C@H](O[C@@H]2OC[C@@H](C)[C@H](C)C2C)[C@@H]1C.